The number of imidazole rings is 1. The van der Waals surface area contributed by atoms with Crippen LogP contribution in [0.4, 0.5) is 5.69 Å². The number of azide groups is 1. The van der Waals surface area contributed by atoms with Gasteiger partial charge in [-0.3, -0.25) is 0 Å². The minimum absolute atomic E-state index is 0.605. The number of fused-ring (bicyclic) bond motifs is 1. The molecule has 2 aromatic carbocycles. The van der Waals surface area contributed by atoms with Gasteiger partial charge in [-0.15, -0.1) is 0 Å². The van der Waals surface area contributed by atoms with Crippen LogP contribution in [0.2, 0.25) is 13.3 Å². The summed E-state index contributed by atoms with van der Waals surface area (Å²) >= 11 is -2.56. The number of hydrogen-bond donors (Lipinski definition) is 0. The van der Waals surface area contributed by atoms with Crippen LogP contribution in [0.5, 0.6) is 0 Å². The molecule has 2 aromatic heterocycles. The number of rotatable bonds is 14. The number of nitrogens with zero attached hydrogens (tertiary/aromatic N) is 6. The predicted molar refractivity (Wildman–Crippen MR) is 162 cm³/mol. The fourth-order valence-corrected chi connectivity index (χ4v) is 20.9. The Morgan fingerprint density at radius 1 is 0.895 bits per heavy atom. The molecule has 38 heavy (non-hydrogen) atoms. The fourth-order valence-electron chi connectivity index (χ4n) is 5.59. The number of hydrogen-bond acceptors (Lipinski definition) is 3. The third kappa shape index (κ3) is 6.78. The molecule has 7 heteroatoms. The first-order chi connectivity index (χ1) is 18.6. The third-order valence-electron chi connectivity index (χ3n) is 7.65. The van der Waals surface area contributed by atoms with Gasteiger partial charge in [-0.25, -0.2) is 0 Å². The van der Waals surface area contributed by atoms with Crippen molar-refractivity contribution in [2.45, 2.75) is 79.2 Å². The van der Waals surface area contributed by atoms with Crippen LogP contribution >= 0.6 is 0 Å². The summed E-state index contributed by atoms with van der Waals surface area (Å²) in [5.74, 6) is 0. The van der Waals surface area contributed by atoms with Gasteiger partial charge in [0.2, 0.25) is 0 Å². The summed E-state index contributed by atoms with van der Waals surface area (Å²) in [6.45, 7) is 7.74. The maximum absolute atomic E-state index is 8.91. The first-order valence-electron chi connectivity index (χ1n) is 14.2. The minimum atomic E-state index is -2.56. The van der Waals surface area contributed by atoms with Crippen LogP contribution in [0, 0.1) is 0 Å². The van der Waals surface area contributed by atoms with Crippen LogP contribution < -0.4 is 3.71 Å². The van der Waals surface area contributed by atoms with Crippen molar-refractivity contribution in [3.05, 3.63) is 83.3 Å². The zero-order valence-corrected chi connectivity index (χ0v) is 26.0. The second-order valence-electron chi connectivity index (χ2n) is 10.5. The van der Waals surface area contributed by atoms with E-state index in [1.54, 1.807) is 0 Å². The average molecular weight is 615 g/mol. The summed E-state index contributed by atoms with van der Waals surface area (Å²) in [5.41, 5.74) is 13.7. The van der Waals surface area contributed by atoms with E-state index in [-0.39, 0.29) is 0 Å². The van der Waals surface area contributed by atoms with Crippen molar-refractivity contribution in [3.63, 3.8) is 0 Å². The van der Waals surface area contributed by atoms with Crippen LogP contribution in [0.3, 0.4) is 0 Å². The van der Waals surface area contributed by atoms with E-state index in [2.05, 4.69) is 77.1 Å². The molecule has 2 heterocycles. The Morgan fingerprint density at radius 3 is 2.32 bits per heavy atom. The molecule has 198 valence electrons. The molecule has 4 aromatic rings. The standard InChI is InChI=1S/C19H13N6.3C4H9.Sn/c20-24-23-17-5-1-3-15(11-17)18-10-14(12-25-8-7-21-13-25)9-16-4-2-6-22-19(16)18;3*1-3-4-2;/h1-6,8-11,13H,12H2;3*1,3-4H2,2H3;. The molecule has 0 saturated heterocycles. The van der Waals surface area contributed by atoms with Crippen molar-refractivity contribution in [1.29, 1.82) is 0 Å². The van der Waals surface area contributed by atoms with Crippen LogP contribution in [0.25, 0.3) is 32.5 Å². The Balaban J connectivity index is 1.70. The summed E-state index contributed by atoms with van der Waals surface area (Å²) in [6, 6.07) is 16.3. The van der Waals surface area contributed by atoms with Crippen LogP contribution in [-0.2, 0) is 6.54 Å². The van der Waals surface area contributed by atoms with Crippen molar-refractivity contribution < 1.29 is 0 Å². The first-order valence-corrected chi connectivity index (χ1v) is 21.7. The molecular formula is C31H40N6Sn. The topological polar surface area (TPSA) is 79.5 Å². The normalized spacial score (nSPS) is 11.6. The molecule has 6 nitrogen and oxygen atoms in total. The van der Waals surface area contributed by atoms with E-state index in [1.807, 2.05) is 30.5 Å². The van der Waals surface area contributed by atoms with Gasteiger partial charge in [0.05, 0.1) is 0 Å². The molecule has 0 saturated carbocycles. The number of unbranched alkanes of at least 4 members (excludes halogenated alkanes) is 3. The van der Waals surface area contributed by atoms with Gasteiger partial charge in [0.1, 0.15) is 0 Å². The van der Waals surface area contributed by atoms with Crippen LogP contribution in [0.15, 0.2) is 72.4 Å². The number of benzene rings is 2. The zero-order valence-electron chi connectivity index (χ0n) is 23.1. The van der Waals surface area contributed by atoms with Gasteiger partial charge in [-0.2, -0.15) is 0 Å². The second-order valence-corrected chi connectivity index (χ2v) is 23.5. The van der Waals surface area contributed by atoms with Crippen molar-refractivity contribution in [2.24, 2.45) is 5.11 Å². The van der Waals surface area contributed by atoms with Crippen molar-refractivity contribution in [1.82, 2.24) is 14.5 Å². The summed E-state index contributed by atoms with van der Waals surface area (Å²) in [4.78, 5) is 12.8. The summed E-state index contributed by atoms with van der Waals surface area (Å²) in [6.07, 6.45) is 14.1. The van der Waals surface area contributed by atoms with Crippen molar-refractivity contribution in [2.75, 3.05) is 0 Å². The van der Waals surface area contributed by atoms with Gasteiger partial charge in [0, 0.05) is 0 Å². The van der Waals surface area contributed by atoms with E-state index in [9.17, 15) is 0 Å². The van der Waals surface area contributed by atoms with Crippen LogP contribution in [-0.4, -0.2) is 32.9 Å². The number of pyridine rings is 1. The molecular weight excluding hydrogens is 575 g/mol. The van der Waals surface area contributed by atoms with E-state index in [0.717, 1.165) is 28.6 Å². The van der Waals surface area contributed by atoms with Crippen molar-refractivity contribution in [3.8, 4) is 11.1 Å². The zero-order chi connectivity index (χ0) is 26.8. The number of aromatic nitrogens is 3. The molecule has 0 spiro atoms. The van der Waals surface area contributed by atoms with E-state index in [1.165, 1.54) is 61.1 Å². The Kier molecular flexibility index (Phi) is 10.2. The average Bonchev–Trinajstić information content (AvgIpc) is 3.42. The molecule has 0 aliphatic heterocycles. The Morgan fingerprint density at radius 2 is 1.63 bits per heavy atom. The second kappa shape index (κ2) is 13.8. The maximum atomic E-state index is 8.91. The predicted octanol–water partition coefficient (Wildman–Crippen LogP) is 9.14. The molecule has 0 unspecified atom stereocenters. The van der Waals surface area contributed by atoms with E-state index in [4.69, 9.17) is 10.5 Å². The van der Waals surface area contributed by atoms with E-state index >= 15 is 0 Å². The Labute approximate surface area is 231 Å². The molecule has 0 amide bonds. The molecule has 0 radical (unpaired) electrons. The first kappa shape index (κ1) is 28.2. The monoisotopic (exact) mass is 616 g/mol. The quantitative estimate of drug-likeness (QED) is 0.0614. The molecule has 0 aliphatic carbocycles. The summed E-state index contributed by atoms with van der Waals surface area (Å²) in [7, 11) is 0. The fraction of sp³-hybridized carbons (Fsp3) is 0.419. The van der Waals surface area contributed by atoms with Crippen molar-refractivity contribution >= 4 is 38.7 Å². The van der Waals surface area contributed by atoms with Gasteiger partial charge in [-0.05, 0) is 5.53 Å². The summed E-state index contributed by atoms with van der Waals surface area (Å²) in [5, 5.41) is 4.91. The van der Waals surface area contributed by atoms with Crippen LogP contribution in [0.1, 0.15) is 64.9 Å². The molecule has 0 N–H and O–H groups in total. The van der Waals surface area contributed by atoms with Gasteiger partial charge in [0.25, 0.3) is 0 Å². The third-order valence-corrected chi connectivity index (χ3v) is 22.7. The molecule has 0 atom stereocenters. The summed E-state index contributed by atoms with van der Waals surface area (Å²) < 4.78 is 8.04. The SMILES string of the molecule is CCC[CH2][Sn]([CH2]CCC)([CH2]CCC)[c]1cn(Cc2cc(-c3cccc(N=[N+]=[N-])c3)c3ncccc3c2)cn1. The molecule has 0 bridgehead atoms. The Hall–Kier alpha value is -2.83. The van der Waals surface area contributed by atoms with E-state index in [0.29, 0.717) is 5.69 Å². The molecule has 0 aliphatic rings. The van der Waals surface area contributed by atoms with Gasteiger partial charge < -0.3 is 0 Å². The van der Waals surface area contributed by atoms with Gasteiger partial charge in [0.15, 0.2) is 0 Å². The Bertz CT molecular complexity index is 1370. The van der Waals surface area contributed by atoms with Gasteiger partial charge >= 0.3 is 226 Å². The van der Waals surface area contributed by atoms with E-state index < -0.39 is 18.4 Å². The van der Waals surface area contributed by atoms with Gasteiger partial charge in [-0.1, -0.05) is 0 Å². The molecule has 0 fully saturated rings. The molecule has 4 rings (SSSR count).